The first-order valence-corrected chi connectivity index (χ1v) is 7.74. The van der Waals surface area contributed by atoms with Crippen LogP contribution in [0.15, 0.2) is 36.7 Å². The molecule has 3 rings (SSSR count). The van der Waals surface area contributed by atoms with Crippen molar-refractivity contribution in [3.63, 3.8) is 0 Å². The highest BCUT2D eigenvalue weighted by molar-refractivity contribution is 5.95. The molecule has 120 valence electrons. The zero-order chi connectivity index (χ0) is 16.2. The Kier molecular flexibility index (Phi) is 4.41. The summed E-state index contributed by atoms with van der Waals surface area (Å²) in [4.78, 5) is 15.3. The lowest BCUT2D eigenvalue weighted by atomic mass is 10.1. The second-order valence-electron chi connectivity index (χ2n) is 5.52. The minimum absolute atomic E-state index is 0.145. The van der Waals surface area contributed by atoms with E-state index < -0.39 is 0 Å². The van der Waals surface area contributed by atoms with Crippen molar-refractivity contribution in [1.29, 1.82) is 0 Å². The normalized spacial score (nSPS) is 11.0. The molecule has 0 spiro atoms. The molecule has 0 radical (unpaired) electrons. The third kappa shape index (κ3) is 3.41. The maximum absolute atomic E-state index is 13.4. The van der Waals surface area contributed by atoms with Crippen molar-refractivity contribution in [3.05, 3.63) is 48.0 Å². The van der Waals surface area contributed by atoms with Crippen molar-refractivity contribution in [2.75, 3.05) is 5.32 Å². The molecule has 0 saturated heterocycles. The van der Waals surface area contributed by atoms with E-state index in [4.69, 9.17) is 0 Å². The molecule has 2 aromatic heterocycles. The van der Waals surface area contributed by atoms with Gasteiger partial charge < -0.3 is 10.3 Å². The van der Waals surface area contributed by atoms with Gasteiger partial charge in [-0.3, -0.25) is 4.79 Å². The van der Waals surface area contributed by atoms with E-state index in [1.54, 1.807) is 29.2 Å². The summed E-state index contributed by atoms with van der Waals surface area (Å²) in [6.07, 6.45) is 5.67. The smallest absolute Gasteiger partial charge is 0.230 e. The highest BCUT2D eigenvalue weighted by atomic mass is 19.1. The summed E-state index contributed by atoms with van der Waals surface area (Å²) in [7, 11) is 0. The molecule has 0 atom stereocenters. The molecule has 0 unspecified atom stereocenters. The maximum atomic E-state index is 13.4. The Morgan fingerprint density at radius 3 is 3.09 bits per heavy atom. The van der Waals surface area contributed by atoms with Crippen LogP contribution in [-0.4, -0.2) is 20.7 Å². The van der Waals surface area contributed by atoms with Gasteiger partial charge in [-0.15, -0.1) is 0 Å². The fourth-order valence-corrected chi connectivity index (χ4v) is 2.58. The maximum Gasteiger partial charge on any atom is 0.230 e. The van der Waals surface area contributed by atoms with E-state index in [-0.39, 0.29) is 18.1 Å². The number of aromatic amines is 1. The monoisotopic (exact) mass is 314 g/mol. The van der Waals surface area contributed by atoms with Gasteiger partial charge in [0, 0.05) is 29.7 Å². The molecule has 0 saturated carbocycles. The number of H-pyrrole nitrogens is 1. The average molecular weight is 314 g/mol. The fourth-order valence-electron chi connectivity index (χ4n) is 2.58. The second-order valence-corrected chi connectivity index (χ2v) is 5.52. The number of aryl methyl sites for hydroxylation is 1. The van der Waals surface area contributed by atoms with Crippen LogP contribution in [0.1, 0.15) is 25.3 Å². The van der Waals surface area contributed by atoms with Crippen molar-refractivity contribution < 1.29 is 9.18 Å². The van der Waals surface area contributed by atoms with E-state index in [1.807, 2.05) is 0 Å². The topological polar surface area (TPSA) is 62.7 Å². The van der Waals surface area contributed by atoms with E-state index in [1.165, 1.54) is 12.1 Å². The lowest BCUT2D eigenvalue weighted by Gasteiger charge is -2.08. The number of nitrogens with zero attached hydrogens (tertiary/aromatic N) is 2. The molecule has 6 heteroatoms. The Bertz CT molecular complexity index is 821. The van der Waals surface area contributed by atoms with E-state index in [9.17, 15) is 9.18 Å². The number of carbonyl (C=O) groups excluding carboxylic acids is 1. The van der Waals surface area contributed by atoms with Crippen LogP contribution in [0, 0.1) is 5.82 Å². The van der Waals surface area contributed by atoms with Crippen molar-refractivity contribution in [3.8, 4) is 0 Å². The van der Waals surface area contributed by atoms with Gasteiger partial charge in [-0.1, -0.05) is 13.3 Å². The quantitative estimate of drug-likeness (QED) is 0.731. The van der Waals surface area contributed by atoms with E-state index in [0.717, 1.165) is 35.9 Å². The van der Waals surface area contributed by atoms with Crippen molar-refractivity contribution in [2.24, 2.45) is 0 Å². The van der Waals surface area contributed by atoms with Crippen LogP contribution in [-0.2, 0) is 17.8 Å². The molecular weight excluding hydrogens is 295 g/mol. The molecule has 0 fully saturated rings. The van der Waals surface area contributed by atoms with Crippen molar-refractivity contribution in [2.45, 2.75) is 32.7 Å². The predicted molar refractivity (Wildman–Crippen MR) is 87.7 cm³/mol. The van der Waals surface area contributed by atoms with Gasteiger partial charge in [0.15, 0.2) is 0 Å². The molecule has 23 heavy (non-hydrogen) atoms. The first-order valence-electron chi connectivity index (χ1n) is 7.74. The number of unbranched alkanes of at least 4 members (excludes halogenated alkanes) is 1. The standard InChI is InChI=1S/C17H19FN4O/c1-2-3-8-22-16(6-7-20-22)21-17(23)9-12-11-19-15-5-4-13(18)10-14(12)15/h4-7,10-11,19H,2-3,8-9H2,1H3,(H,21,23). The Balaban J connectivity index is 1.71. The molecule has 5 nitrogen and oxygen atoms in total. The van der Waals surface area contributed by atoms with Gasteiger partial charge in [0.05, 0.1) is 12.6 Å². The van der Waals surface area contributed by atoms with Crippen LogP contribution >= 0.6 is 0 Å². The molecule has 0 bridgehead atoms. The minimum atomic E-state index is -0.309. The van der Waals surface area contributed by atoms with E-state index in [0.29, 0.717) is 5.82 Å². The van der Waals surface area contributed by atoms with Crippen LogP contribution in [0.3, 0.4) is 0 Å². The summed E-state index contributed by atoms with van der Waals surface area (Å²) in [5.41, 5.74) is 1.60. The lowest BCUT2D eigenvalue weighted by molar-refractivity contribution is -0.115. The number of aromatic nitrogens is 3. The summed E-state index contributed by atoms with van der Waals surface area (Å²) >= 11 is 0. The Morgan fingerprint density at radius 2 is 2.26 bits per heavy atom. The second kappa shape index (κ2) is 6.64. The fraction of sp³-hybridized carbons (Fsp3) is 0.294. The molecule has 2 N–H and O–H groups in total. The zero-order valence-corrected chi connectivity index (χ0v) is 13.0. The number of fused-ring (bicyclic) bond motifs is 1. The summed E-state index contributed by atoms with van der Waals surface area (Å²) in [5, 5.41) is 7.82. The highest BCUT2D eigenvalue weighted by Gasteiger charge is 2.11. The van der Waals surface area contributed by atoms with Crippen LogP contribution in [0.2, 0.25) is 0 Å². The van der Waals surface area contributed by atoms with Crippen LogP contribution in [0.5, 0.6) is 0 Å². The summed E-state index contributed by atoms with van der Waals surface area (Å²) in [6.45, 7) is 2.88. The van der Waals surface area contributed by atoms with Gasteiger partial charge in [0.25, 0.3) is 0 Å². The van der Waals surface area contributed by atoms with E-state index >= 15 is 0 Å². The number of hydrogen-bond acceptors (Lipinski definition) is 2. The number of carbonyl (C=O) groups is 1. The van der Waals surface area contributed by atoms with Gasteiger partial charge in [-0.2, -0.15) is 5.10 Å². The van der Waals surface area contributed by atoms with Crippen molar-refractivity contribution >= 4 is 22.6 Å². The number of hydrogen-bond donors (Lipinski definition) is 2. The third-order valence-corrected chi connectivity index (χ3v) is 3.79. The number of benzene rings is 1. The van der Waals surface area contributed by atoms with Gasteiger partial charge in [0.2, 0.25) is 5.91 Å². The van der Waals surface area contributed by atoms with Gasteiger partial charge >= 0.3 is 0 Å². The first kappa shape index (κ1) is 15.3. The summed E-state index contributed by atoms with van der Waals surface area (Å²) in [6, 6.07) is 6.29. The molecule has 3 aromatic rings. The Labute approximate surface area is 133 Å². The molecule has 0 aliphatic rings. The van der Waals surface area contributed by atoms with Gasteiger partial charge in [-0.05, 0) is 30.2 Å². The molecule has 0 aliphatic heterocycles. The number of anilines is 1. The summed E-state index contributed by atoms with van der Waals surface area (Å²) < 4.78 is 15.2. The first-order chi connectivity index (χ1) is 11.2. The lowest BCUT2D eigenvalue weighted by Crippen LogP contribution is -2.17. The molecule has 2 heterocycles. The third-order valence-electron chi connectivity index (χ3n) is 3.79. The van der Waals surface area contributed by atoms with Crippen LogP contribution in [0.25, 0.3) is 10.9 Å². The molecular formula is C17H19FN4O. The molecule has 0 aliphatic carbocycles. The zero-order valence-electron chi connectivity index (χ0n) is 13.0. The van der Waals surface area contributed by atoms with Crippen LogP contribution < -0.4 is 5.32 Å². The van der Waals surface area contributed by atoms with E-state index in [2.05, 4.69) is 22.3 Å². The van der Waals surface area contributed by atoms with Gasteiger partial charge in [-0.25, -0.2) is 9.07 Å². The molecule has 1 aromatic carbocycles. The number of nitrogens with one attached hydrogen (secondary N) is 2. The Hall–Kier alpha value is -2.63. The number of amides is 1. The highest BCUT2D eigenvalue weighted by Crippen LogP contribution is 2.20. The minimum Gasteiger partial charge on any atom is -0.361 e. The van der Waals surface area contributed by atoms with Crippen LogP contribution in [0.4, 0.5) is 10.2 Å². The SMILES string of the molecule is CCCCn1nccc1NC(=O)Cc1c[nH]c2ccc(F)cc12. The van der Waals surface area contributed by atoms with Gasteiger partial charge in [0.1, 0.15) is 11.6 Å². The Morgan fingerprint density at radius 1 is 1.39 bits per heavy atom. The number of halogens is 1. The van der Waals surface area contributed by atoms with Crippen molar-refractivity contribution in [1.82, 2.24) is 14.8 Å². The average Bonchev–Trinajstić information content (AvgIpc) is 3.12. The summed E-state index contributed by atoms with van der Waals surface area (Å²) in [5.74, 6) is 0.235. The molecule has 1 amide bonds. The largest absolute Gasteiger partial charge is 0.361 e. The number of rotatable bonds is 6. The predicted octanol–water partition coefficient (Wildman–Crippen LogP) is 3.48.